The zero-order chi connectivity index (χ0) is 18.4. The number of esters is 1. The average Bonchev–Trinajstić information content (AvgIpc) is 3.11. The highest BCUT2D eigenvalue weighted by atomic mass is 32.2. The Bertz CT molecular complexity index is 845. The Morgan fingerprint density at radius 3 is 2.60 bits per heavy atom. The summed E-state index contributed by atoms with van der Waals surface area (Å²) in [4.78, 5) is 23.4. The number of furan rings is 1. The highest BCUT2D eigenvalue weighted by molar-refractivity contribution is 7.92. The van der Waals surface area contributed by atoms with Crippen LogP contribution in [0.25, 0.3) is 0 Å². The van der Waals surface area contributed by atoms with Gasteiger partial charge in [0.25, 0.3) is 5.91 Å². The highest BCUT2D eigenvalue weighted by Gasteiger charge is 2.19. The minimum absolute atomic E-state index is 0.00406. The SMILES string of the molecule is COC(=O)c1cccc(N(CCNC(=O)c2ccco2)S(C)(=O)=O)c1. The molecule has 0 spiro atoms. The number of methoxy groups -OCH3 is 1. The first-order valence-electron chi connectivity index (χ1n) is 7.30. The van der Waals surface area contributed by atoms with Gasteiger partial charge in [-0.2, -0.15) is 0 Å². The third-order valence-corrected chi connectivity index (χ3v) is 4.50. The van der Waals surface area contributed by atoms with Gasteiger partial charge in [-0.05, 0) is 30.3 Å². The van der Waals surface area contributed by atoms with E-state index in [2.05, 4.69) is 10.1 Å². The maximum atomic E-state index is 12.1. The number of sulfonamides is 1. The summed E-state index contributed by atoms with van der Waals surface area (Å²) in [5.74, 6) is -0.873. The molecule has 0 fully saturated rings. The monoisotopic (exact) mass is 366 g/mol. The number of amides is 1. The highest BCUT2D eigenvalue weighted by Crippen LogP contribution is 2.19. The third-order valence-electron chi connectivity index (χ3n) is 3.30. The summed E-state index contributed by atoms with van der Waals surface area (Å²) in [6, 6.07) is 9.14. The second-order valence-electron chi connectivity index (χ2n) is 5.11. The molecule has 9 heteroatoms. The molecule has 0 unspecified atom stereocenters. The molecular formula is C16H18N2O6S. The summed E-state index contributed by atoms with van der Waals surface area (Å²) < 4.78 is 34.8. The number of ether oxygens (including phenoxy) is 1. The molecule has 0 radical (unpaired) electrons. The molecule has 1 amide bonds. The molecule has 2 aromatic rings. The quantitative estimate of drug-likeness (QED) is 0.740. The number of hydrogen-bond donors (Lipinski definition) is 1. The lowest BCUT2D eigenvalue weighted by Gasteiger charge is -2.22. The maximum Gasteiger partial charge on any atom is 0.337 e. The molecule has 0 bridgehead atoms. The number of benzene rings is 1. The molecule has 0 aliphatic carbocycles. The molecule has 25 heavy (non-hydrogen) atoms. The number of carbonyl (C=O) groups excluding carboxylic acids is 2. The topological polar surface area (TPSA) is 106 Å². The van der Waals surface area contributed by atoms with Crippen molar-refractivity contribution in [3.8, 4) is 0 Å². The van der Waals surface area contributed by atoms with E-state index in [1.165, 1.54) is 31.6 Å². The fraction of sp³-hybridized carbons (Fsp3) is 0.250. The van der Waals surface area contributed by atoms with E-state index >= 15 is 0 Å². The number of nitrogens with zero attached hydrogens (tertiary/aromatic N) is 1. The zero-order valence-electron chi connectivity index (χ0n) is 13.8. The third kappa shape index (κ3) is 4.83. The van der Waals surface area contributed by atoms with Crippen molar-refractivity contribution >= 4 is 27.6 Å². The van der Waals surface area contributed by atoms with E-state index < -0.39 is 21.9 Å². The molecule has 1 heterocycles. The van der Waals surface area contributed by atoms with Gasteiger partial charge in [0.15, 0.2) is 5.76 Å². The van der Waals surface area contributed by atoms with Gasteiger partial charge in [-0.3, -0.25) is 9.10 Å². The lowest BCUT2D eigenvalue weighted by atomic mass is 10.2. The largest absolute Gasteiger partial charge is 0.465 e. The fourth-order valence-electron chi connectivity index (χ4n) is 2.16. The molecule has 0 saturated heterocycles. The smallest absolute Gasteiger partial charge is 0.337 e. The predicted molar refractivity (Wildman–Crippen MR) is 91.0 cm³/mol. The zero-order valence-corrected chi connectivity index (χ0v) is 14.6. The van der Waals surface area contributed by atoms with Crippen LogP contribution in [0.4, 0.5) is 5.69 Å². The summed E-state index contributed by atoms with van der Waals surface area (Å²) in [5, 5.41) is 2.58. The van der Waals surface area contributed by atoms with Crippen LogP contribution in [-0.2, 0) is 14.8 Å². The number of rotatable bonds is 7. The van der Waals surface area contributed by atoms with Gasteiger partial charge in [0.1, 0.15) is 0 Å². The van der Waals surface area contributed by atoms with Crippen molar-refractivity contribution in [1.82, 2.24) is 5.32 Å². The molecule has 0 aliphatic rings. The fourth-order valence-corrected chi connectivity index (χ4v) is 3.08. The first-order valence-corrected chi connectivity index (χ1v) is 9.15. The van der Waals surface area contributed by atoms with Crippen LogP contribution in [0.1, 0.15) is 20.9 Å². The van der Waals surface area contributed by atoms with Gasteiger partial charge >= 0.3 is 5.97 Å². The summed E-state index contributed by atoms with van der Waals surface area (Å²) in [5.41, 5.74) is 0.533. The summed E-state index contributed by atoms with van der Waals surface area (Å²) in [7, 11) is -2.37. The van der Waals surface area contributed by atoms with Crippen LogP contribution in [0.5, 0.6) is 0 Å². The minimum Gasteiger partial charge on any atom is -0.465 e. The van der Waals surface area contributed by atoms with Crippen molar-refractivity contribution < 1.29 is 27.2 Å². The maximum absolute atomic E-state index is 12.1. The Morgan fingerprint density at radius 2 is 2.00 bits per heavy atom. The van der Waals surface area contributed by atoms with Crippen molar-refractivity contribution in [2.45, 2.75) is 0 Å². The standard InChI is InChI=1S/C16H18N2O6S/c1-23-16(20)12-5-3-6-13(11-12)18(25(2,21)22)9-8-17-15(19)14-7-4-10-24-14/h3-7,10-11H,8-9H2,1-2H3,(H,17,19). The first-order chi connectivity index (χ1) is 11.8. The van der Waals surface area contributed by atoms with Crippen LogP contribution < -0.4 is 9.62 Å². The number of hydrogen-bond acceptors (Lipinski definition) is 6. The minimum atomic E-state index is -3.61. The Kier molecular flexibility index (Phi) is 5.81. The van der Waals surface area contributed by atoms with Crippen LogP contribution >= 0.6 is 0 Å². The van der Waals surface area contributed by atoms with E-state index in [0.717, 1.165) is 10.6 Å². The molecule has 1 aromatic heterocycles. The Labute approximate surface area is 145 Å². The van der Waals surface area contributed by atoms with Gasteiger partial charge in [0, 0.05) is 6.54 Å². The number of nitrogens with one attached hydrogen (secondary N) is 1. The lowest BCUT2D eigenvalue weighted by molar-refractivity contribution is 0.0600. The van der Waals surface area contributed by atoms with Gasteiger partial charge in [-0.15, -0.1) is 0 Å². The van der Waals surface area contributed by atoms with E-state index in [1.807, 2.05) is 0 Å². The average molecular weight is 366 g/mol. The van der Waals surface area contributed by atoms with E-state index in [0.29, 0.717) is 5.69 Å². The second kappa shape index (κ2) is 7.84. The van der Waals surface area contributed by atoms with Crippen LogP contribution in [0, 0.1) is 0 Å². The number of anilines is 1. The molecular weight excluding hydrogens is 348 g/mol. The van der Waals surface area contributed by atoms with Crippen LogP contribution in [0.3, 0.4) is 0 Å². The van der Waals surface area contributed by atoms with E-state index in [-0.39, 0.29) is 24.4 Å². The molecule has 1 N–H and O–H groups in total. The van der Waals surface area contributed by atoms with Crippen molar-refractivity contribution in [1.29, 1.82) is 0 Å². The van der Waals surface area contributed by atoms with Gasteiger partial charge in [0.2, 0.25) is 10.0 Å². The Morgan fingerprint density at radius 1 is 1.24 bits per heavy atom. The Hall–Kier alpha value is -2.81. The molecule has 2 rings (SSSR count). The summed E-state index contributed by atoms with van der Waals surface area (Å²) >= 11 is 0. The van der Waals surface area contributed by atoms with E-state index in [4.69, 9.17) is 4.42 Å². The van der Waals surface area contributed by atoms with Crippen LogP contribution in [0.15, 0.2) is 47.1 Å². The van der Waals surface area contributed by atoms with Gasteiger partial charge < -0.3 is 14.5 Å². The molecule has 8 nitrogen and oxygen atoms in total. The van der Waals surface area contributed by atoms with Gasteiger partial charge in [-0.25, -0.2) is 13.2 Å². The van der Waals surface area contributed by atoms with Crippen LogP contribution in [-0.4, -0.2) is 46.7 Å². The molecule has 134 valence electrons. The second-order valence-corrected chi connectivity index (χ2v) is 7.02. The van der Waals surface area contributed by atoms with E-state index in [1.54, 1.807) is 18.2 Å². The summed E-state index contributed by atoms with van der Waals surface area (Å²) in [6.07, 6.45) is 2.42. The van der Waals surface area contributed by atoms with Gasteiger partial charge in [0.05, 0.1) is 37.4 Å². The molecule has 0 saturated carbocycles. The molecule has 0 atom stereocenters. The first kappa shape index (κ1) is 18.5. The summed E-state index contributed by atoms with van der Waals surface area (Å²) in [6.45, 7) is 0.0605. The molecule has 0 aliphatic heterocycles. The van der Waals surface area contributed by atoms with E-state index in [9.17, 15) is 18.0 Å². The normalized spacial score (nSPS) is 11.0. The van der Waals surface area contributed by atoms with Gasteiger partial charge in [-0.1, -0.05) is 6.07 Å². The van der Waals surface area contributed by atoms with Crippen molar-refractivity contribution in [3.63, 3.8) is 0 Å². The number of carbonyl (C=O) groups is 2. The molecule has 1 aromatic carbocycles. The lowest BCUT2D eigenvalue weighted by Crippen LogP contribution is -2.38. The van der Waals surface area contributed by atoms with Crippen molar-refractivity contribution in [2.75, 3.05) is 30.8 Å². The Balaban J connectivity index is 2.12. The van der Waals surface area contributed by atoms with Crippen LogP contribution in [0.2, 0.25) is 0 Å². The van der Waals surface area contributed by atoms with Crippen molar-refractivity contribution in [3.05, 3.63) is 54.0 Å². The van der Waals surface area contributed by atoms with Crippen molar-refractivity contribution in [2.24, 2.45) is 0 Å². The predicted octanol–water partition coefficient (Wildman–Crippen LogP) is 1.26.